The van der Waals surface area contributed by atoms with Gasteiger partial charge in [-0.2, -0.15) is 0 Å². The Morgan fingerprint density at radius 3 is 2.67 bits per heavy atom. The van der Waals surface area contributed by atoms with Gasteiger partial charge in [0, 0.05) is 21.6 Å². The summed E-state index contributed by atoms with van der Waals surface area (Å²) in [5, 5.41) is 4.01. The normalized spacial score (nSPS) is 10.7. The number of nitrogens with one attached hydrogen (secondary N) is 1. The fourth-order valence-corrected chi connectivity index (χ4v) is 3.53. The zero-order chi connectivity index (χ0) is 15.4. The maximum Gasteiger partial charge on any atom is 0.162 e. The number of hydrogen-bond donors (Lipinski definition) is 1. The summed E-state index contributed by atoms with van der Waals surface area (Å²) in [7, 11) is 0. The highest BCUT2D eigenvalue weighted by atomic mass is 127. The number of aromatic nitrogens is 2. The minimum atomic E-state index is 0.692. The van der Waals surface area contributed by atoms with Crippen LogP contribution in [0.3, 0.4) is 0 Å². The van der Waals surface area contributed by atoms with Crippen LogP contribution in [-0.4, -0.2) is 16.5 Å². The van der Waals surface area contributed by atoms with Crippen LogP contribution < -0.4 is 5.32 Å². The first-order chi connectivity index (χ1) is 10.1. The molecule has 0 amide bonds. The minimum Gasteiger partial charge on any atom is -0.369 e. The molecule has 6 heteroatoms. The van der Waals surface area contributed by atoms with E-state index >= 15 is 0 Å². The number of rotatable bonds is 5. The maximum atomic E-state index is 6.01. The molecule has 0 atom stereocenters. The lowest BCUT2D eigenvalue weighted by Crippen LogP contribution is -2.08. The van der Waals surface area contributed by atoms with Gasteiger partial charge in [0.05, 0.1) is 9.26 Å². The molecule has 0 saturated carbocycles. The molecular weight excluding hydrogens is 464 g/mol. The molecular formula is C15H16BrClIN3. The predicted octanol–water partition coefficient (Wildman–Crippen LogP) is 5.55. The second-order valence-corrected chi connectivity index (χ2v) is 6.93. The second kappa shape index (κ2) is 7.74. The number of anilines is 1. The molecule has 2 rings (SSSR count). The van der Waals surface area contributed by atoms with E-state index < -0.39 is 0 Å². The van der Waals surface area contributed by atoms with Gasteiger partial charge in [0.15, 0.2) is 5.82 Å². The molecule has 2 aromatic rings. The Morgan fingerprint density at radius 2 is 2.05 bits per heavy atom. The van der Waals surface area contributed by atoms with Gasteiger partial charge in [-0.1, -0.05) is 24.9 Å². The van der Waals surface area contributed by atoms with E-state index in [-0.39, 0.29) is 0 Å². The Hall–Kier alpha value is -0.400. The van der Waals surface area contributed by atoms with Gasteiger partial charge < -0.3 is 5.32 Å². The molecule has 1 aromatic heterocycles. The van der Waals surface area contributed by atoms with Crippen molar-refractivity contribution in [3.8, 4) is 11.4 Å². The standard InChI is InChI=1S/C15H16BrClIN3/c1-3-5-12-13(18)15(19-4-2)21-14(20-12)10-7-6-9(17)8-11(10)16/h6-8H,3-5H2,1-2H3,(H,19,20,21). The van der Waals surface area contributed by atoms with Crippen molar-refractivity contribution in [1.82, 2.24) is 9.97 Å². The van der Waals surface area contributed by atoms with Crippen LogP contribution in [0.4, 0.5) is 5.82 Å². The lowest BCUT2D eigenvalue weighted by molar-refractivity contribution is 0.866. The number of halogens is 3. The Kier molecular flexibility index (Phi) is 6.25. The van der Waals surface area contributed by atoms with E-state index in [2.05, 4.69) is 62.7 Å². The number of benzene rings is 1. The zero-order valence-corrected chi connectivity index (χ0v) is 16.4. The van der Waals surface area contributed by atoms with Crippen molar-refractivity contribution < 1.29 is 0 Å². The summed E-state index contributed by atoms with van der Waals surface area (Å²) < 4.78 is 2.01. The highest BCUT2D eigenvalue weighted by molar-refractivity contribution is 14.1. The van der Waals surface area contributed by atoms with Crippen LogP contribution in [0.5, 0.6) is 0 Å². The van der Waals surface area contributed by atoms with Gasteiger partial charge in [0.2, 0.25) is 0 Å². The molecule has 21 heavy (non-hydrogen) atoms. The smallest absolute Gasteiger partial charge is 0.162 e. The van der Waals surface area contributed by atoms with Gasteiger partial charge in [-0.05, 0) is 70.1 Å². The SMILES string of the molecule is CCCc1nc(-c2ccc(Cl)cc2Br)nc(NCC)c1I. The van der Waals surface area contributed by atoms with E-state index in [4.69, 9.17) is 16.6 Å². The summed E-state index contributed by atoms with van der Waals surface area (Å²) in [5.41, 5.74) is 2.04. The highest BCUT2D eigenvalue weighted by Crippen LogP contribution is 2.31. The molecule has 112 valence electrons. The third kappa shape index (κ3) is 4.07. The van der Waals surface area contributed by atoms with Gasteiger partial charge in [-0.3, -0.25) is 0 Å². The van der Waals surface area contributed by atoms with E-state index in [0.29, 0.717) is 5.02 Å². The summed E-state index contributed by atoms with van der Waals surface area (Å²) in [6, 6.07) is 5.67. The van der Waals surface area contributed by atoms with Crippen LogP contribution in [0, 0.1) is 3.57 Å². The largest absolute Gasteiger partial charge is 0.369 e. The first-order valence-electron chi connectivity index (χ1n) is 6.82. The van der Waals surface area contributed by atoms with Crippen LogP contribution in [0.15, 0.2) is 22.7 Å². The number of aryl methyl sites for hydroxylation is 1. The molecule has 0 fully saturated rings. The van der Waals surface area contributed by atoms with E-state index in [0.717, 1.165) is 50.3 Å². The van der Waals surface area contributed by atoms with Crippen molar-refractivity contribution in [2.45, 2.75) is 26.7 Å². The van der Waals surface area contributed by atoms with Crippen molar-refractivity contribution in [1.29, 1.82) is 0 Å². The quantitative estimate of drug-likeness (QED) is 0.571. The van der Waals surface area contributed by atoms with Gasteiger partial charge in [0.1, 0.15) is 5.82 Å². The summed E-state index contributed by atoms with van der Waals surface area (Å²) in [6.07, 6.45) is 2.00. The molecule has 0 saturated heterocycles. The third-order valence-corrected chi connectivity index (χ3v) is 4.95. The Balaban J connectivity index is 2.56. The first kappa shape index (κ1) is 17.0. The average Bonchev–Trinajstić information content (AvgIpc) is 2.43. The Morgan fingerprint density at radius 1 is 1.29 bits per heavy atom. The topological polar surface area (TPSA) is 37.8 Å². The second-order valence-electron chi connectivity index (χ2n) is 4.56. The van der Waals surface area contributed by atoms with E-state index in [1.807, 2.05) is 18.2 Å². The Bertz CT molecular complexity index is 622. The van der Waals surface area contributed by atoms with Crippen molar-refractivity contribution in [2.24, 2.45) is 0 Å². The predicted molar refractivity (Wildman–Crippen MR) is 101 cm³/mol. The first-order valence-corrected chi connectivity index (χ1v) is 9.07. The van der Waals surface area contributed by atoms with Crippen LogP contribution >= 0.6 is 50.1 Å². The molecule has 0 aliphatic carbocycles. The van der Waals surface area contributed by atoms with Crippen LogP contribution in [0.1, 0.15) is 26.0 Å². The summed E-state index contributed by atoms with van der Waals surface area (Å²) in [5.74, 6) is 1.62. The molecule has 0 spiro atoms. The molecule has 3 nitrogen and oxygen atoms in total. The van der Waals surface area contributed by atoms with Gasteiger partial charge in [-0.15, -0.1) is 0 Å². The van der Waals surface area contributed by atoms with Crippen LogP contribution in [-0.2, 0) is 6.42 Å². The fraction of sp³-hybridized carbons (Fsp3) is 0.333. The summed E-state index contributed by atoms with van der Waals surface area (Å²) in [4.78, 5) is 9.40. The lowest BCUT2D eigenvalue weighted by atomic mass is 10.2. The molecule has 0 aliphatic heterocycles. The van der Waals surface area contributed by atoms with Gasteiger partial charge in [-0.25, -0.2) is 9.97 Å². The van der Waals surface area contributed by atoms with Crippen LogP contribution in [0.2, 0.25) is 5.02 Å². The summed E-state index contributed by atoms with van der Waals surface area (Å²) >= 11 is 11.9. The molecule has 0 aliphatic rings. The van der Waals surface area contributed by atoms with E-state index in [1.165, 1.54) is 0 Å². The van der Waals surface area contributed by atoms with Crippen molar-refractivity contribution in [3.63, 3.8) is 0 Å². The van der Waals surface area contributed by atoms with E-state index in [9.17, 15) is 0 Å². The minimum absolute atomic E-state index is 0.692. The maximum absolute atomic E-state index is 6.01. The number of nitrogens with zero attached hydrogens (tertiary/aromatic N) is 2. The number of hydrogen-bond acceptors (Lipinski definition) is 3. The average molecular weight is 481 g/mol. The fourth-order valence-electron chi connectivity index (χ4n) is 1.97. The van der Waals surface area contributed by atoms with Crippen LogP contribution in [0.25, 0.3) is 11.4 Å². The van der Waals surface area contributed by atoms with E-state index in [1.54, 1.807) is 0 Å². The summed E-state index contributed by atoms with van der Waals surface area (Å²) in [6.45, 7) is 5.05. The molecule has 1 N–H and O–H groups in total. The van der Waals surface area contributed by atoms with Gasteiger partial charge >= 0.3 is 0 Å². The van der Waals surface area contributed by atoms with Crippen molar-refractivity contribution >= 4 is 55.9 Å². The Labute approximate surface area is 152 Å². The molecule has 1 heterocycles. The highest BCUT2D eigenvalue weighted by Gasteiger charge is 2.14. The monoisotopic (exact) mass is 479 g/mol. The molecule has 0 bridgehead atoms. The molecule has 1 aromatic carbocycles. The molecule has 0 radical (unpaired) electrons. The van der Waals surface area contributed by atoms with Gasteiger partial charge in [0.25, 0.3) is 0 Å². The van der Waals surface area contributed by atoms with Crippen molar-refractivity contribution in [3.05, 3.63) is 37.0 Å². The molecule has 0 unspecified atom stereocenters. The lowest BCUT2D eigenvalue weighted by Gasteiger charge is -2.13. The third-order valence-electron chi connectivity index (χ3n) is 2.92. The zero-order valence-electron chi connectivity index (χ0n) is 11.9. The van der Waals surface area contributed by atoms with Crippen molar-refractivity contribution in [2.75, 3.05) is 11.9 Å².